The summed E-state index contributed by atoms with van der Waals surface area (Å²) in [4.78, 5) is 23.6. The van der Waals surface area contributed by atoms with Crippen LogP contribution in [0.1, 0.15) is 24.8 Å². The second-order valence-electron chi connectivity index (χ2n) is 6.49. The summed E-state index contributed by atoms with van der Waals surface area (Å²) in [7, 11) is 0. The summed E-state index contributed by atoms with van der Waals surface area (Å²) in [6.07, 6.45) is 0.737. The van der Waals surface area contributed by atoms with E-state index in [-0.39, 0.29) is 5.92 Å². The normalized spacial score (nSPS) is 19.0. The minimum absolute atomic E-state index is 0.185. The third-order valence-electron chi connectivity index (χ3n) is 4.51. The van der Waals surface area contributed by atoms with Gasteiger partial charge >= 0.3 is 5.97 Å². The number of carbonyl (C=O) groups is 2. The Bertz CT molecular complexity index is 560. The van der Waals surface area contributed by atoms with Crippen LogP contribution in [-0.4, -0.2) is 53.5 Å². The van der Waals surface area contributed by atoms with Crippen molar-refractivity contribution in [1.82, 2.24) is 5.32 Å². The maximum atomic E-state index is 12.2. The fraction of sp³-hybridized carbons (Fsp3) is 0.556. The van der Waals surface area contributed by atoms with E-state index in [4.69, 9.17) is 10.5 Å². The van der Waals surface area contributed by atoms with Gasteiger partial charge in [0, 0.05) is 19.3 Å². The molecule has 0 saturated carbocycles. The molecule has 5 N–H and O–H groups in total. The molecule has 0 bridgehead atoms. The number of aliphatic carboxylic acids is 1. The van der Waals surface area contributed by atoms with Crippen LogP contribution < -0.4 is 11.1 Å². The maximum Gasteiger partial charge on any atom is 0.326 e. The largest absolute Gasteiger partial charge is 0.480 e. The Morgan fingerprint density at radius 3 is 2.48 bits per heavy atom. The number of benzene rings is 1. The Hall–Kier alpha value is -1.96. The third-order valence-corrected chi connectivity index (χ3v) is 4.51. The average Bonchev–Trinajstić information content (AvgIpc) is 2.62. The predicted octanol–water partition coefficient (Wildman–Crippen LogP) is 0.303. The van der Waals surface area contributed by atoms with E-state index in [2.05, 4.69) is 5.32 Å². The van der Waals surface area contributed by atoms with Gasteiger partial charge in [-0.1, -0.05) is 30.3 Å². The van der Waals surface area contributed by atoms with Crippen LogP contribution in [0.25, 0.3) is 0 Å². The van der Waals surface area contributed by atoms with Crippen LogP contribution in [0.2, 0.25) is 0 Å². The zero-order valence-electron chi connectivity index (χ0n) is 14.1. The minimum Gasteiger partial charge on any atom is -0.480 e. The summed E-state index contributed by atoms with van der Waals surface area (Å²) >= 11 is 0. The molecule has 3 atom stereocenters. The lowest BCUT2D eigenvalue weighted by Gasteiger charge is -2.26. The van der Waals surface area contributed by atoms with Gasteiger partial charge in [-0.25, -0.2) is 4.79 Å². The second-order valence-corrected chi connectivity index (χ2v) is 6.49. The summed E-state index contributed by atoms with van der Waals surface area (Å²) in [6, 6.07) is 7.44. The lowest BCUT2D eigenvalue weighted by Crippen LogP contribution is -2.52. The van der Waals surface area contributed by atoms with Crippen LogP contribution in [0.3, 0.4) is 0 Å². The third kappa shape index (κ3) is 6.12. The van der Waals surface area contributed by atoms with E-state index in [1.807, 2.05) is 30.3 Å². The number of rotatable bonds is 8. The first-order valence-corrected chi connectivity index (χ1v) is 8.56. The smallest absolute Gasteiger partial charge is 0.326 e. The number of amides is 1. The molecule has 0 spiro atoms. The van der Waals surface area contributed by atoms with Crippen LogP contribution in [0.15, 0.2) is 30.3 Å². The van der Waals surface area contributed by atoms with Crippen LogP contribution >= 0.6 is 0 Å². The molecule has 1 fully saturated rings. The highest BCUT2D eigenvalue weighted by molar-refractivity contribution is 5.86. The van der Waals surface area contributed by atoms with Crippen molar-refractivity contribution in [2.45, 2.75) is 43.9 Å². The molecular formula is C18H26N2O5. The van der Waals surface area contributed by atoms with Gasteiger partial charge in [0.2, 0.25) is 0 Å². The predicted molar refractivity (Wildman–Crippen MR) is 91.9 cm³/mol. The number of nitrogens with two attached hydrogens (primary N) is 1. The zero-order valence-corrected chi connectivity index (χ0v) is 14.1. The Morgan fingerprint density at radius 1 is 1.24 bits per heavy atom. The van der Waals surface area contributed by atoms with Gasteiger partial charge in [-0.15, -0.1) is 0 Å². The number of carboxylic acids is 1. The van der Waals surface area contributed by atoms with Crippen molar-refractivity contribution in [3.63, 3.8) is 0 Å². The van der Waals surface area contributed by atoms with Crippen molar-refractivity contribution in [2.75, 3.05) is 13.2 Å². The topological polar surface area (TPSA) is 122 Å². The van der Waals surface area contributed by atoms with Gasteiger partial charge in [-0.05, 0) is 37.2 Å². The molecule has 1 aromatic carbocycles. The fourth-order valence-electron chi connectivity index (χ4n) is 2.99. The van der Waals surface area contributed by atoms with Gasteiger partial charge in [0.1, 0.15) is 12.1 Å². The van der Waals surface area contributed by atoms with Gasteiger partial charge in [0.25, 0.3) is 5.91 Å². The molecule has 2 rings (SSSR count). The van der Waals surface area contributed by atoms with Crippen LogP contribution in [0.5, 0.6) is 0 Å². The number of hydrogen-bond acceptors (Lipinski definition) is 5. The lowest BCUT2D eigenvalue weighted by atomic mass is 9.92. The molecule has 0 aliphatic carbocycles. The molecule has 7 heteroatoms. The van der Waals surface area contributed by atoms with Crippen molar-refractivity contribution in [1.29, 1.82) is 0 Å². The van der Waals surface area contributed by atoms with Crippen LogP contribution in [0.4, 0.5) is 0 Å². The van der Waals surface area contributed by atoms with E-state index in [0.29, 0.717) is 26.1 Å². The van der Waals surface area contributed by atoms with E-state index < -0.39 is 30.1 Å². The molecule has 0 aromatic heterocycles. The Morgan fingerprint density at radius 2 is 1.88 bits per heavy atom. The molecule has 1 saturated heterocycles. The standard InChI is InChI=1S/C18H26N2O5/c19-14(10-12-4-2-1-3-5-12)16(21)17(22)20-15(18(23)24)11-13-6-8-25-9-7-13/h1-5,13-16,21H,6-11,19H2,(H,20,22)(H,23,24)/t14-,15?,16+/m1/s1. The van der Waals surface area contributed by atoms with Gasteiger partial charge in [0.05, 0.1) is 0 Å². The molecule has 1 amide bonds. The van der Waals surface area contributed by atoms with Gasteiger partial charge in [0.15, 0.2) is 0 Å². The van der Waals surface area contributed by atoms with Gasteiger partial charge in [-0.2, -0.15) is 0 Å². The number of aliphatic hydroxyl groups excluding tert-OH is 1. The van der Waals surface area contributed by atoms with Gasteiger partial charge < -0.3 is 26.0 Å². The molecule has 1 aliphatic heterocycles. The number of nitrogens with one attached hydrogen (secondary N) is 1. The summed E-state index contributed by atoms with van der Waals surface area (Å²) in [6.45, 7) is 1.21. The van der Waals surface area contributed by atoms with Crippen LogP contribution in [-0.2, 0) is 20.7 Å². The molecule has 1 aliphatic rings. The SMILES string of the molecule is N[C@H](Cc1ccccc1)[C@H](O)C(=O)NC(CC1CCOCC1)C(=O)O. The molecular weight excluding hydrogens is 324 g/mol. The van der Waals surface area contributed by atoms with E-state index in [1.165, 1.54) is 0 Å². The lowest BCUT2D eigenvalue weighted by molar-refractivity contribution is -0.144. The first-order valence-electron chi connectivity index (χ1n) is 8.56. The average molecular weight is 350 g/mol. The van der Waals surface area contributed by atoms with Gasteiger partial charge in [-0.3, -0.25) is 4.79 Å². The Labute approximate surface area is 147 Å². The quantitative estimate of drug-likeness (QED) is 0.535. The van der Waals surface area contributed by atoms with Crippen molar-refractivity contribution in [3.8, 4) is 0 Å². The van der Waals surface area contributed by atoms with E-state index >= 15 is 0 Å². The molecule has 1 aromatic rings. The molecule has 7 nitrogen and oxygen atoms in total. The van der Waals surface area contributed by atoms with E-state index in [9.17, 15) is 19.8 Å². The number of hydrogen-bond donors (Lipinski definition) is 4. The highest BCUT2D eigenvalue weighted by Crippen LogP contribution is 2.20. The monoisotopic (exact) mass is 350 g/mol. The number of carboxylic acid groups (broad SMARTS) is 1. The Balaban J connectivity index is 1.88. The zero-order chi connectivity index (χ0) is 18.2. The molecule has 138 valence electrons. The van der Waals surface area contributed by atoms with Crippen molar-refractivity contribution in [3.05, 3.63) is 35.9 Å². The summed E-state index contributed by atoms with van der Waals surface area (Å²) in [5.74, 6) is -1.67. The molecule has 25 heavy (non-hydrogen) atoms. The number of aliphatic hydroxyl groups is 1. The molecule has 1 unspecified atom stereocenters. The van der Waals surface area contributed by atoms with E-state index in [0.717, 1.165) is 18.4 Å². The second kappa shape index (κ2) is 9.50. The number of carbonyl (C=O) groups excluding carboxylic acids is 1. The maximum absolute atomic E-state index is 12.2. The summed E-state index contributed by atoms with van der Waals surface area (Å²) in [5, 5.41) is 21.9. The fourth-order valence-corrected chi connectivity index (χ4v) is 2.99. The highest BCUT2D eigenvalue weighted by Gasteiger charge is 2.30. The minimum atomic E-state index is -1.46. The Kier molecular flexibility index (Phi) is 7.36. The highest BCUT2D eigenvalue weighted by atomic mass is 16.5. The first kappa shape index (κ1) is 19.4. The van der Waals surface area contributed by atoms with Crippen molar-refractivity contribution < 1.29 is 24.5 Å². The summed E-state index contributed by atoms with van der Waals surface area (Å²) in [5.41, 5.74) is 6.81. The summed E-state index contributed by atoms with van der Waals surface area (Å²) < 4.78 is 5.26. The molecule has 0 radical (unpaired) electrons. The van der Waals surface area contributed by atoms with E-state index in [1.54, 1.807) is 0 Å². The van der Waals surface area contributed by atoms with Crippen molar-refractivity contribution >= 4 is 11.9 Å². The number of ether oxygens (including phenoxy) is 1. The first-order chi connectivity index (χ1) is 12.0. The molecule has 1 heterocycles. The van der Waals surface area contributed by atoms with Crippen LogP contribution in [0, 0.1) is 5.92 Å². The van der Waals surface area contributed by atoms with Crippen molar-refractivity contribution in [2.24, 2.45) is 11.7 Å².